The molecule has 0 spiro atoms. The van der Waals surface area contributed by atoms with Gasteiger partial charge in [-0.15, -0.1) is 0 Å². The van der Waals surface area contributed by atoms with Crippen LogP contribution in [0.2, 0.25) is 5.02 Å². The number of sulfonamides is 1. The summed E-state index contributed by atoms with van der Waals surface area (Å²) in [4.78, 5) is 0. The first-order chi connectivity index (χ1) is 10.8. The number of halogens is 1. The normalized spacial score (nSPS) is 10.9. The Morgan fingerprint density at radius 1 is 1.26 bits per heavy atom. The van der Waals surface area contributed by atoms with Crippen LogP contribution in [0.3, 0.4) is 0 Å². The molecule has 2 rings (SSSR count). The maximum Gasteiger partial charge on any atom is 0.232 e. The molecule has 0 aliphatic heterocycles. The highest BCUT2D eigenvalue weighted by molar-refractivity contribution is 7.92. The minimum atomic E-state index is -3.55. The molecule has 0 saturated carbocycles. The largest absolute Gasteiger partial charge is 0.496 e. The van der Waals surface area contributed by atoms with Gasteiger partial charge in [-0.2, -0.15) is 5.26 Å². The number of nitrogens with zero attached hydrogens (tertiary/aromatic N) is 2. The van der Waals surface area contributed by atoms with Crippen molar-refractivity contribution in [3.63, 3.8) is 0 Å². The van der Waals surface area contributed by atoms with E-state index < -0.39 is 10.0 Å². The fourth-order valence-electron chi connectivity index (χ4n) is 2.16. The minimum absolute atomic E-state index is 0.0530. The Hall–Kier alpha value is -2.23. The predicted molar refractivity (Wildman–Crippen MR) is 90.2 cm³/mol. The van der Waals surface area contributed by atoms with Gasteiger partial charge >= 0.3 is 0 Å². The zero-order valence-electron chi connectivity index (χ0n) is 12.7. The lowest BCUT2D eigenvalue weighted by Crippen LogP contribution is -2.29. The van der Waals surface area contributed by atoms with Gasteiger partial charge in [0.2, 0.25) is 10.0 Å². The van der Waals surface area contributed by atoms with Gasteiger partial charge in [0.05, 0.1) is 37.2 Å². The zero-order valence-corrected chi connectivity index (χ0v) is 14.2. The van der Waals surface area contributed by atoms with Gasteiger partial charge in [-0.1, -0.05) is 17.7 Å². The van der Waals surface area contributed by atoms with E-state index in [1.54, 1.807) is 36.4 Å². The highest BCUT2D eigenvalue weighted by Gasteiger charge is 2.20. The number of ether oxygens (including phenoxy) is 1. The van der Waals surface area contributed by atoms with Crippen LogP contribution < -0.4 is 9.04 Å². The van der Waals surface area contributed by atoms with Crippen molar-refractivity contribution in [1.82, 2.24) is 0 Å². The topological polar surface area (TPSA) is 70.4 Å². The van der Waals surface area contributed by atoms with Gasteiger partial charge in [0, 0.05) is 10.6 Å². The molecule has 2 aromatic carbocycles. The number of anilines is 1. The lowest BCUT2D eigenvalue weighted by atomic mass is 10.1. The number of hydrogen-bond acceptors (Lipinski definition) is 4. The van der Waals surface area contributed by atoms with Gasteiger partial charge in [0.1, 0.15) is 5.75 Å². The van der Waals surface area contributed by atoms with Gasteiger partial charge in [-0.05, 0) is 36.4 Å². The summed E-state index contributed by atoms with van der Waals surface area (Å²) < 4.78 is 30.9. The molecule has 0 N–H and O–H groups in total. The second-order valence-corrected chi connectivity index (χ2v) is 7.23. The molecule has 0 saturated heterocycles. The molecule has 0 heterocycles. The summed E-state index contributed by atoms with van der Waals surface area (Å²) in [6.45, 7) is 0.0530. The number of nitriles is 1. The standard InChI is InChI=1S/C16H15ClN2O3S/c1-22-16-7-6-14(17)9-13(16)11-19(23(2,20)21)15-5-3-4-12(8-15)10-18/h3-9H,11H2,1-2H3. The summed E-state index contributed by atoms with van der Waals surface area (Å²) in [5, 5.41) is 9.49. The molecule has 23 heavy (non-hydrogen) atoms. The SMILES string of the molecule is COc1ccc(Cl)cc1CN(c1cccc(C#N)c1)S(C)(=O)=O. The van der Waals surface area contributed by atoms with E-state index in [1.807, 2.05) is 6.07 Å². The van der Waals surface area contributed by atoms with Crippen molar-refractivity contribution in [3.8, 4) is 11.8 Å². The quantitative estimate of drug-likeness (QED) is 0.830. The highest BCUT2D eigenvalue weighted by atomic mass is 35.5. The Labute approximate surface area is 140 Å². The van der Waals surface area contributed by atoms with Crippen molar-refractivity contribution >= 4 is 27.3 Å². The molecule has 0 aromatic heterocycles. The van der Waals surface area contributed by atoms with Gasteiger partial charge in [-0.25, -0.2) is 8.42 Å². The summed E-state index contributed by atoms with van der Waals surface area (Å²) >= 11 is 6.00. The van der Waals surface area contributed by atoms with Crippen molar-refractivity contribution in [2.75, 3.05) is 17.7 Å². The Morgan fingerprint density at radius 3 is 2.61 bits per heavy atom. The summed E-state index contributed by atoms with van der Waals surface area (Å²) in [7, 11) is -2.05. The number of hydrogen-bond donors (Lipinski definition) is 0. The second kappa shape index (κ2) is 6.90. The lowest BCUT2D eigenvalue weighted by molar-refractivity contribution is 0.410. The highest BCUT2D eigenvalue weighted by Crippen LogP contribution is 2.28. The monoisotopic (exact) mass is 350 g/mol. The van der Waals surface area contributed by atoms with Gasteiger partial charge in [0.15, 0.2) is 0 Å². The van der Waals surface area contributed by atoms with Crippen molar-refractivity contribution in [2.45, 2.75) is 6.54 Å². The number of benzene rings is 2. The molecule has 0 aliphatic carbocycles. The van der Waals surface area contributed by atoms with Crippen molar-refractivity contribution in [1.29, 1.82) is 5.26 Å². The Bertz CT molecular complexity index is 860. The predicted octanol–water partition coefficient (Wildman–Crippen LogP) is 3.19. The van der Waals surface area contributed by atoms with E-state index >= 15 is 0 Å². The third kappa shape index (κ3) is 4.15. The molecular formula is C16H15ClN2O3S. The summed E-state index contributed by atoms with van der Waals surface area (Å²) in [6, 6.07) is 13.4. The maximum absolute atomic E-state index is 12.2. The van der Waals surface area contributed by atoms with E-state index in [0.29, 0.717) is 27.6 Å². The molecule has 2 aromatic rings. The van der Waals surface area contributed by atoms with Crippen LogP contribution in [-0.4, -0.2) is 21.8 Å². The summed E-state index contributed by atoms with van der Waals surface area (Å²) in [5.41, 5.74) is 1.43. The van der Waals surface area contributed by atoms with E-state index in [2.05, 4.69) is 0 Å². The molecule has 7 heteroatoms. The molecule has 0 amide bonds. The molecular weight excluding hydrogens is 336 g/mol. The van der Waals surface area contributed by atoms with Crippen LogP contribution in [-0.2, 0) is 16.6 Å². The van der Waals surface area contributed by atoms with Crippen LogP contribution in [0.4, 0.5) is 5.69 Å². The molecule has 0 unspecified atom stereocenters. The minimum Gasteiger partial charge on any atom is -0.496 e. The zero-order chi connectivity index (χ0) is 17.0. The van der Waals surface area contributed by atoms with Crippen molar-refractivity contribution in [3.05, 3.63) is 58.6 Å². The molecule has 0 atom stereocenters. The molecule has 0 bridgehead atoms. The van der Waals surface area contributed by atoms with E-state index in [4.69, 9.17) is 21.6 Å². The van der Waals surface area contributed by atoms with E-state index in [1.165, 1.54) is 17.5 Å². The van der Waals surface area contributed by atoms with E-state index in [0.717, 1.165) is 6.26 Å². The number of methoxy groups -OCH3 is 1. The van der Waals surface area contributed by atoms with E-state index in [9.17, 15) is 8.42 Å². The Balaban J connectivity index is 2.50. The third-order valence-corrected chi connectivity index (χ3v) is 4.60. The Kier molecular flexibility index (Phi) is 5.14. The maximum atomic E-state index is 12.2. The van der Waals surface area contributed by atoms with Crippen LogP contribution in [0.25, 0.3) is 0 Å². The van der Waals surface area contributed by atoms with Crippen LogP contribution in [0.5, 0.6) is 5.75 Å². The molecule has 120 valence electrons. The van der Waals surface area contributed by atoms with Crippen LogP contribution in [0.15, 0.2) is 42.5 Å². The van der Waals surface area contributed by atoms with Crippen LogP contribution >= 0.6 is 11.6 Å². The van der Waals surface area contributed by atoms with Crippen molar-refractivity contribution < 1.29 is 13.2 Å². The fraction of sp³-hybridized carbons (Fsp3) is 0.188. The van der Waals surface area contributed by atoms with E-state index in [-0.39, 0.29) is 6.54 Å². The smallest absolute Gasteiger partial charge is 0.232 e. The molecule has 0 fully saturated rings. The van der Waals surface area contributed by atoms with Gasteiger partial charge < -0.3 is 4.74 Å². The fourth-order valence-corrected chi connectivity index (χ4v) is 3.22. The first kappa shape index (κ1) is 17.1. The summed E-state index contributed by atoms with van der Waals surface area (Å²) in [6.07, 6.45) is 1.11. The summed E-state index contributed by atoms with van der Waals surface area (Å²) in [5.74, 6) is 0.541. The number of rotatable bonds is 5. The first-order valence-electron chi connectivity index (χ1n) is 6.65. The van der Waals surface area contributed by atoms with Gasteiger partial charge in [0.25, 0.3) is 0 Å². The molecule has 0 aliphatic rings. The lowest BCUT2D eigenvalue weighted by Gasteiger charge is -2.23. The Morgan fingerprint density at radius 2 is 2.00 bits per heavy atom. The first-order valence-corrected chi connectivity index (χ1v) is 8.88. The third-order valence-electron chi connectivity index (χ3n) is 3.22. The van der Waals surface area contributed by atoms with Crippen LogP contribution in [0.1, 0.15) is 11.1 Å². The second-order valence-electron chi connectivity index (χ2n) is 4.89. The molecule has 0 radical (unpaired) electrons. The van der Waals surface area contributed by atoms with Gasteiger partial charge in [-0.3, -0.25) is 4.31 Å². The van der Waals surface area contributed by atoms with Crippen LogP contribution in [0, 0.1) is 11.3 Å². The average molecular weight is 351 g/mol. The van der Waals surface area contributed by atoms with Crippen molar-refractivity contribution in [2.24, 2.45) is 0 Å². The average Bonchev–Trinajstić information content (AvgIpc) is 2.51. The molecule has 5 nitrogen and oxygen atoms in total.